The molecule has 0 aliphatic carbocycles. The Morgan fingerprint density at radius 1 is 1.64 bits per heavy atom. The lowest BCUT2D eigenvalue weighted by Gasteiger charge is -2.11. The third-order valence-corrected chi connectivity index (χ3v) is 2.08. The second-order valence-corrected chi connectivity index (χ2v) is 3.02. The summed E-state index contributed by atoms with van der Waals surface area (Å²) in [4.78, 5) is 10.9. The first-order valence-corrected chi connectivity index (χ1v) is 4.20. The topological polar surface area (TPSA) is 52.3 Å². The summed E-state index contributed by atoms with van der Waals surface area (Å²) in [5.41, 5.74) is 5.07. The van der Waals surface area contributed by atoms with Crippen molar-refractivity contribution in [2.45, 2.75) is 6.36 Å². The van der Waals surface area contributed by atoms with Crippen molar-refractivity contribution in [3.05, 3.63) is 34.3 Å². The van der Waals surface area contributed by atoms with Gasteiger partial charge in [-0.2, -0.15) is 0 Å². The summed E-state index contributed by atoms with van der Waals surface area (Å²) in [6.07, 6.45) is -1.74. The van der Waals surface area contributed by atoms with E-state index in [9.17, 15) is 9.18 Å². The molecule has 2 N–H and O–H groups in total. The van der Waals surface area contributed by atoms with Crippen LogP contribution in [0.25, 0.3) is 0 Å². The lowest BCUT2D eigenvalue weighted by atomic mass is 10.1. The van der Waals surface area contributed by atoms with Gasteiger partial charge < -0.3 is 10.5 Å². The van der Waals surface area contributed by atoms with E-state index in [0.717, 1.165) is 0 Å². The first-order valence-electron chi connectivity index (χ1n) is 3.83. The Morgan fingerprint density at radius 3 is 2.79 bits per heavy atom. The van der Waals surface area contributed by atoms with E-state index in [-0.39, 0.29) is 16.1 Å². The largest absolute Gasteiger partial charge is 0.366 e. The number of carbonyl (C=O) groups excluding carboxylic acids is 1. The number of rotatable bonds is 3. The quantitative estimate of drug-likeness (QED) is 0.843. The molecular weight excluding hydrogens is 209 g/mol. The molecule has 1 amide bonds. The Balaban J connectivity index is 3.29. The van der Waals surface area contributed by atoms with Crippen LogP contribution in [0.4, 0.5) is 4.39 Å². The first kappa shape index (κ1) is 10.9. The number of amides is 1. The van der Waals surface area contributed by atoms with Gasteiger partial charge in [-0.1, -0.05) is 17.7 Å². The molecule has 1 aromatic carbocycles. The molecule has 1 aromatic rings. The Labute approximate surface area is 85.6 Å². The lowest BCUT2D eigenvalue weighted by molar-refractivity contribution is -0.00707. The summed E-state index contributed by atoms with van der Waals surface area (Å²) in [5.74, 6) is -0.734. The van der Waals surface area contributed by atoms with Crippen LogP contribution in [0, 0.1) is 0 Å². The minimum Gasteiger partial charge on any atom is -0.366 e. The summed E-state index contributed by atoms with van der Waals surface area (Å²) in [6, 6.07) is 4.39. The molecule has 0 radical (unpaired) electrons. The van der Waals surface area contributed by atoms with E-state index < -0.39 is 12.3 Å². The van der Waals surface area contributed by atoms with Crippen LogP contribution < -0.4 is 5.73 Å². The summed E-state index contributed by atoms with van der Waals surface area (Å²) in [5, 5.41) is 0.121. The Bertz CT molecular complexity index is 357. The van der Waals surface area contributed by atoms with Crippen LogP contribution in [0.3, 0.4) is 0 Å². The van der Waals surface area contributed by atoms with Crippen molar-refractivity contribution in [2.24, 2.45) is 5.73 Å². The highest BCUT2D eigenvalue weighted by Crippen LogP contribution is 2.29. The van der Waals surface area contributed by atoms with Gasteiger partial charge in [-0.05, 0) is 12.1 Å². The number of carbonyl (C=O) groups is 1. The maximum Gasteiger partial charge on any atom is 0.249 e. The molecule has 0 aliphatic rings. The number of nitrogens with two attached hydrogens (primary N) is 1. The van der Waals surface area contributed by atoms with Crippen LogP contribution in [-0.4, -0.2) is 13.0 Å². The van der Waals surface area contributed by atoms with Crippen LogP contribution >= 0.6 is 11.6 Å². The average Bonchev–Trinajstić information content (AvgIpc) is 2.16. The normalized spacial score (nSPS) is 12.5. The maximum absolute atomic E-state index is 13.2. The number of hydrogen-bond acceptors (Lipinski definition) is 2. The van der Waals surface area contributed by atoms with Gasteiger partial charge in [0.15, 0.2) is 0 Å². The molecule has 14 heavy (non-hydrogen) atoms. The summed E-state index contributed by atoms with van der Waals surface area (Å²) < 4.78 is 17.7. The number of ether oxygens (including phenoxy) is 1. The van der Waals surface area contributed by atoms with Crippen molar-refractivity contribution in [1.29, 1.82) is 0 Å². The van der Waals surface area contributed by atoms with Gasteiger partial charge in [0.1, 0.15) is 0 Å². The molecule has 0 fully saturated rings. The molecule has 1 unspecified atom stereocenters. The van der Waals surface area contributed by atoms with Crippen molar-refractivity contribution in [3.8, 4) is 0 Å². The van der Waals surface area contributed by atoms with Crippen molar-refractivity contribution < 1.29 is 13.9 Å². The highest BCUT2D eigenvalue weighted by Gasteiger charge is 2.19. The molecule has 0 saturated heterocycles. The number of methoxy groups -OCH3 is 1. The molecule has 0 saturated carbocycles. The van der Waals surface area contributed by atoms with E-state index in [2.05, 4.69) is 4.74 Å². The minimum absolute atomic E-state index is 0.0239. The van der Waals surface area contributed by atoms with Crippen LogP contribution in [0.15, 0.2) is 18.2 Å². The van der Waals surface area contributed by atoms with E-state index >= 15 is 0 Å². The van der Waals surface area contributed by atoms with E-state index in [4.69, 9.17) is 17.3 Å². The van der Waals surface area contributed by atoms with Crippen molar-refractivity contribution >= 4 is 17.5 Å². The average molecular weight is 218 g/mol. The highest BCUT2D eigenvalue weighted by atomic mass is 35.5. The van der Waals surface area contributed by atoms with Crippen LogP contribution in [0.5, 0.6) is 0 Å². The third-order valence-electron chi connectivity index (χ3n) is 1.75. The second-order valence-electron chi connectivity index (χ2n) is 2.62. The van der Waals surface area contributed by atoms with Gasteiger partial charge in [0.25, 0.3) is 0 Å². The summed E-state index contributed by atoms with van der Waals surface area (Å²) >= 11 is 5.72. The van der Waals surface area contributed by atoms with Crippen LogP contribution in [-0.2, 0) is 4.74 Å². The first-order chi connectivity index (χ1) is 6.57. The smallest absolute Gasteiger partial charge is 0.249 e. The predicted octanol–water partition coefficient (Wildman–Crippen LogP) is 2.05. The minimum atomic E-state index is -1.74. The fourth-order valence-corrected chi connectivity index (χ4v) is 1.36. The maximum atomic E-state index is 13.2. The molecule has 1 atom stereocenters. The molecule has 5 heteroatoms. The zero-order valence-electron chi connectivity index (χ0n) is 7.46. The number of primary amides is 1. The van der Waals surface area contributed by atoms with Gasteiger partial charge in [-0.3, -0.25) is 4.79 Å². The van der Waals surface area contributed by atoms with Gasteiger partial charge in [0, 0.05) is 23.3 Å². The molecule has 76 valence electrons. The fraction of sp³-hybridized carbons (Fsp3) is 0.222. The van der Waals surface area contributed by atoms with Gasteiger partial charge in [-0.25, -0.2) is 4.39 Å². The SMILES string of the molecule is COC(F)c1c(Cl)cccc1C(N)=O. The molecule has 3 nitrogen and oxygen atoms in total. The third kappa shape index (κ3) is 2.02. The second kappa shape index (κ2) is 4.39. The summed E-state index contributed by atoms with van der Waals surface area (Å²) in [6.45, 7) is 0. The van der Waals surface area contributed by atoms with Gasteiger partial charge in [-0.15, -0.1) is 0 Å². The summed E-state index contributed by atoms with van der Waals surface area (Å²) in [7, 11) is 1.18. The highest BCUT2D eigenvalue weighted by molar-refractivity contribution is 6.31. The number of halogens is 2. The van der Waals surface area contributed by atoms with E-state index in [1.165, 1.54) is 25.3 Å². The van der Waals surface area contributed by atoms with Crippen LogP contribution in [0.2, 0.25) is 5.02 Å². The zero-order valence-corrected chi connectivity index (χ0v) is 8.22. The Morgan fingerprint density at radius 2 is 2.29 bits per heavy atom. The van der Waals surface area contributed by atoms with Crippen molar-refractivity contribution in [1.82, 2.24) is 0 Å². The van der Waals surface area contributed by atoms with Gasteiger partial charge in [0.2, 0.25) is 12.3 Å². The fourth-order valence-electron chi connectivity index (χ4n) is 1.10. The molecule has 0 aliphatic heterocycles. The molecule has 0 heterocycles. The standard InChI is InChI=1S/C9H9ClFNO2/c1-14-8(11)7-5(9(12)13)3-2-4-6(7)10/h2-4,8H,1H3,(H2,12,13). The van der Waals surface area contributed by atoms with Crippen LogP contribution in [0.1, 0.15) is 22.3 Å². The molecular formula is C9H9ClFNO2. The number of hydrogen-bond donors (Lipinski definition) is 1. The van der Waals surface area contributed by atoms with Crippen molar-refractivity contribution in [3.63, 3.8) is 0 Å². The molecule has 0 bridgehead atoms. The van der Waals surface area contributed by atoms with E-state index in [1.54, 1.807) is 0 Å². The number of alkyl halides is 1. The lowest BCUT2D eigenvalue weighted by Crippen LogP contribution is -2.15. The van der Waals surface area contributed by atoms with Crippen molar-refractivity contribution in [2.75, 3.05) is 7.11 Å². The molecule has 0 spiro atoms. The predicted molar refractivity (Wildman–Crippen MR) is 50.8 cm³/mol. The Hall–Kier alpha value is -1.13. The van der Waals surface area contributed by atoms with E-state index in [1.807, 2.05) is 0 Å². The zero-order chi connectivity index (χ0) is 10.7. The molecule has 1 rings (SSSR count). The Kier molecular flexibility index (Phi) is 3.43. The molecule has 0 aromatic heterocycles. The van der Waals surface area contributed by atoms with Gasteiger partial charge >= 0.3 is 0 Å². The number of benzene rings is 1. The van der Waals surface area contributed by atoms with E-state index in [0.29, 0.717) is 0 Å². The van der Waals surface area contributed by atoms with Gasteiger partial charge in [0.05, 0.1) is 0 Å². The monoisotopic (exact) mass is 217 g/mol.